The Morgan fingerprint density at radius 3 is 2.36 bits per heavy atom. The van der Waals surface area contributed by atoms with Crippen LogP contribution in [0.15, 0.2) is 30.3 Å². The minimum Gasteiger partial charge on any atom is -0.444 e. The summed E-state index contributed by atoms with van der Waals surface area (Å²) < 4.78 is 5.53. The van der Waals surface area contributed by atoms with E-state index in [1.54, 1.807) is 11.8 Å². The number of carbonyl (C=O) groups is 2. The van der Waals surface area contributed by atoms with Crippen molar-refractivity contribution in [3.8, 4) is 0 Å². The molecule has 1 aliphatic heterocycles. The van der Waals surface area contributed by atoms with Crippen molar-refractivity contribution in [1.29, 1.82) is 0 Å². The van der Waals surface area contributed by atoms with Crippen molar-refractivity contribution in [3.05, 3.63) is 35.9 Å². The summed E-state index contributed by atoms with van der Waals surface area (Å²) in [6.45, 7) is 7.79. The van der Waals surface area contributed by atoms with E-state index in [0.717, 1.165) is 5.56 Å². The van der Waals surface area contributed by atoms with Gasteiger partial charge in [-0.1, -0.05) is 30.3 Å². The number of hydrogen-bond acceptors (Lipinski definition) is 3. The SMILES string of the molecule is CC(=O)[C@@H]1CCN(C(=O)OC(C)(C)C)[C@H](c2ccccc2)C1. The van der Waals surface area contributed by atoms with Gasteiger partial charge in [-0.15, -0.1) is 0 Å². The molecule has 1 aromatic carbocycles. The Balaban J connectivity index is 2.23. The Morgan fingerprint density at radius 2 is 1.82 bits per heavy atom. The zero-order valence-electron chi connectivity index (χ0n) is 13.8. The molecule has 0 radical (unpaired) electrons. The second-order valence-corrected chi connectivity index (χ2v) is 6.93. The number of ether oxygens (including phenoxy) is 1. The van der Waals surface area contributed by atoms with Crippen LogP contribution in [0, 0.1) is 5.92 Å². The Hall–Kier alpha value is -1.84. The Morgan fingerprint density at radius 1 is 1.18 bits per heavy atom. The van der Waals surface area contributed by atoms with E-state index < -0.39 is 5.60 Å². The van der Waals surface area contributed by atoms with E-state index in [4.69, 9.17) is 4.74 Å². The number of carbonyl (C=O) groups excluding carboxylic acids is 2. The van der Waals surface area contributed by atoms with E-state index in [0.29, 0.717) is 19.4 Å². The van der Waals surface area contributed by atoms with Crippen LogP contribution < -0.4 is 0 Å². The molecule has 1 saturated heterocycles. The highest BCUT2D eigenvalue weighted by Crippen LogP contribution is 2.35. The predicted molar refractivity (Wildman–Crippen MR) is 85.5 cm³/mol. The maximum Gasteiger partial charge on any atom is 0.410 e. The first kappa shape index (κ1) is 16.5. The second kappa shape index (κ2) is 6.51. The monoisotopic (exact) mass is 303 g/mol. The maximum absolute atomic E-state index is 12.5. The predicted octanol–water partition coefficient (Wildman–Crippen LogP) is 3.96. The largest absolute Gasteiger partial charge is 0.444 e. The minimum absolute atomic E-state index is 0.0175. The first-order valence-electron chi connectivity index (χ1n) is 7.83. The van der Waals surface area contributed by atoms with Gasteiger partial charge in [0.1, 0.15) is 11.4 Å². The van der Waals surface area contributed by atoms with Crippen LogP contribution in [0.4, 0.5) is 4.79 Å². The number of nitrogens with zero attached hydrogens (tertiary/aromatic N) is 1. The number of Topliss-reactive ketones (excluding diaryl/α,β-unsaturated/α-hetero) is 1. The van der Waals surface area contributed by atoms with Gasteiger partial charge in [0.2, 0.25) is 0 Å². The summed E-state index contributed by atoms with van der Waals surface area (Å²) in [5, 5.41) is 0. The summed E-state index contributed by atoms with van der Waals surface area (Å²) in [5.74, 6) is 0.216. The molecule has 1 amide bonds. The Kier molecular flexibility index (Phi) is 4.89. The molecule has 2 atom stereocenters. The lowest BCUT2D eigenvalue weighted by molar-refractivity contribution is -0.122. The van der Waals surface area contributed by atoms with Gasteiger partial charge < -0.3 is 9.64 Å². The van der Waals surface area contributed by atoms with Crippen molar-refractivity contribution < 1.29 is 14.3 Å². The molecule has 0 N–H and O–H groups in total. The van der Waals surface area contributed by atoms with E-state index in [9.17, 15) is 9.59 Å². The van der Waals surface area contributed by atoms with Crippen LogP contribution in [-0.4, -0.2) is 28.9 Å². The van der Waals surface area contributed by atoms with E-state index >= 15 is 0 Å². The first-order chi connectivity index (χ1) is 10.3. The second-order valence-electron chi connectivity index (χ2n) is 6.93. The number of amides is 1. The summed E-state index contributed by atoms with van der Waals surface area (Å²) in [5.41, 5.74) is 0.537. The van der Waals surface area contributed by atoms with E-state index in [-0.39, 0.29) is 23.8 Å². The van der Waals surface area contributed by atoms with Gasteiger partial charge in [-0.05, 0) is 46.1 Å². The molecule has 0 bridgehead atoms. The minimum atomic E-state index is -0.518. The van der Waals surface area contributed by atoms with Gasteiger partial charge in [0.05, 0.1) is 6.04 Å². The lowest BCUT2D eigenvalue weighted by atomic mass is 9.85. The standard InChI is InChI=1S/C18H25NO3/c1-13(20)15-10-11-19(17(21)22-18(2,3)4)16(12-15)14-8-6-5-7-9-14/h5-9,15-16H,10-12H2,1-4H3/t15-,16+/m1/s1. The van der Waals surface area contributed by atoms with Crippen molar-refractivity contribution in [2.45, 2.75) is 52.2 Å². The molecule has 4 nitrogen and oxygen atoms in total. The topological polar surface area (TPSA) is 46.6 Å². The van der Waals surface area contributed by atoms with Crippen molar-refractivity contribution in [1.82, 2.24) is 4.90 Å². The Bertz CT molecular complexity index is 533. The third-order valence-corrected chi connectivity index (χ3v) is 3.99. The highest BCUT2D eigenvalue weighted by Gasteiger charge is 2.36. The number of piperidine rings is 1. The molecule has 120 valence electrons. The zero-order chi connectivity index (χ0) is 16.3. The molecule has 1 heterocycles. The van der Waals surface area contributed by atoms with Gasteiger partial charge in [-0.3, -0.25) is 4.79 Å². The van der Waals surface area contributed by atoms with Crippen LogP contribution in [-0.2, 0) is 9.53 Å². The van der Waals surface area contributed by atoms with Gasteiger partial charge in [0.25, 0.3) is 0 Å². The molecule has 0 spiro atoms. The number of likely N-dealkylation sites (tertiary alicyclic amines) is 1. The van der Waals surface area contributed by atoms with Crippen molar-refractivity contribution in [2.24, 2.45) is 5.92 Å². The average Bonchev–Trinajstić information content (AvgIpc) is 2.45. The maximum atomic E-state index is 12.5. The number of hydrogen-bond donors (Lipinski definition) is 0. The van der Waals surface area contributed by atoms with Crippen molar-refractivity contribution >= 4 is 11.9 Å². The van der Waals surface area contributed by atoms with Crippen LogP contribution in [0.1, 0.15) is 52.1 Å². The lowest BCUT2D eigenvalue weighted by Crippen LogP contribution is -2.44. The van der Waals surface area contributed by atoms with Gasteiger partial charge in [0.15, 0.2) is 0 Å². The number of rotatable bonds is 2. The summed E-state index contributed by atoms with van der Waals surface area (Å²) >= 11 is 0. The number of ketones is 1. The van der Waals surface area contributed by atoms with Crippen LogP contribution in [0.2, 0.25) is 0 Å². The molecular formula is C18H25NO3. The van der Waals surface area contributed by atoms with E-state index in [2.05, 4.69) is 0 Å². The average molecular weight is 303 g/mol. The van der Waals surface area contributed by atoms with Gasteiger partial charge >= 0.3 is 6.09 Å². The van der Waals surface area contributed by atoms with Gasteiger partial charge in [0, 0.05) is 12.5 Å². The van der Waals surface area contributed by atoms with Crippen LogP contribution >= 0.6 is 0 Å². The molecular weight excluding hydrogens is 278 g/mol. The van der Waals surface area contributed by atoms with Crippen molar-refractivity contribution in [3.63, 3.8) is 0 Å². The molecule has 0 aromatic heterocycles. The lowest BCUT2D eigenvalue weighted by Gasteiger charge is -2.39. The third kappa shape index (κ3) is 4.09. The van der Waals surface area contributed by atoms with Crippen LogP contribution in [0.5, 0.6) is 0 Å². The smallest absolute Gasteiger partial charge is 0.410 e. The summed E-state index contributed by atoms with van der Waals surface area (Å²) in [6.07, 6.45) is 1.07. The summed E-state index contributed by atoms with van der Waals surface area (Å²) in [7, 11) is 0. The fourth-order valence-electron chi connectivity index (χ4n) is 2.86. The molecule has 22 heavy (non-hydrogen) atoms. The van der Waals surface area contributed by atoms with Crippen LogP contribution in [0.3, 0.4) is 0 Å². The van der Waals surface area contributed by atoms with E-state index in [1.807, 2.05) is 51.1 Å². The summed E-state index contributed by atoms with van der Waals surface area (Å²) in [4.78, 5) is 26.0. The molecule has 4 heteroatoms. The molecule has 0 saturated carbocycles. The van der Waals surface area contributed by atoms with Gasteiger partial charge in [-0.25, -0.2) is 4.79 Å². The highest BCUT2D eigenvalue weighted by molar-refractivity contribution is 5.79. The quantitative estimate of drug-likeness (QED) is 0.830. The molecule has 0 aliphatic carbocycles. The van der Waals surface area contributed by atoms with Crippen molar-refractivity contribution in [2.75, 3.05) is 6.54 Å². The summed E-state index contributed by atoms with van der Waals surface area (Å²) in [6, 6.07) is 9.78. The van der Waals surface area contributed by atoms with Crippen LogP contribution in [0.25, 0.3) is 0 Å². The van der Waals surface area contributed by atoms with Gasteiger partial charge in [-0.2, -0.15) is 0 Å². The molecule has 2 rings (SSSR count). The fourth-order valence-corrected chi connectivity index (χ4v) is 2.86. The molecule has 1 aromatic rings. The Labute approximate surface area is 132 Å². The highest BCUT2D eigenvalue weighted by atomic mass is 16.6. The number of benzene rings is 1. The normalized spacial score (nSPS) is 22.3. The van der Waals surface area contributed by atoms with E-state index in [1.165, 1.54) is 0 Å². The fraction of sp³-hybridized carbons (Fsp3) is 0.556. The molecule has 1 aliphatic rings. The third-order valence-electron chi connectivity index (χ3n) is 3.99. The molecule has 1 fully saturated rings. The first-order valence-corrected chi connectivity index (χ1v) is 7.83. The molecule has 0 unspecified atom stereocenters. The zero-order valence-corrected chi connectivity index (χ0v) is 13.8.